The normalized spacial score (nSPS) is 11.7. The maximum atomic E-state index is 14.3. The fourth-order valence-electron chi connectivity index (χ4n) is 4.95. The summed E-state index contributed by atoms with van der Waals surface area (Å²) >= 11 is 0. The lowest BCUT2D eigenvalue weighted by atomic mass is 10.0. The van der Waals surface area contributed by atoms with Crippen LogP contribution in [0.2, 0.25) is 0 Å². The number of sulfonamides is 1. The predicted octanol–water partition coefficient (Wildman–Crippen LogP) is 5.81. The first kappa shape index (κ1) is 34.1. The van der Waals surface area contributed by atoms with Crippen LogP contribution in [0.3, 0.4) is 0 Å². The van der Waals surface area contributed by atoms with Gasteiger partial charge in [0.25, 0.3) is 0 Å². The van der Waals surface area contributed by atoms with Gasteiger partial charge in [-0.3, -0.25) is 13.9 Å². The molecule has 1 atom stereocenters. The number of unbranched alkanes of at least 4 members (excludes halogenated alkanes) is 1. The molecule has 0 radical (unpaired) electrons. The van der Waals surface area contributed by atoms with Crippen LogP contribution in [-0.4, -0.2) is 57.6 Å². The molecule has 0 aliphatic carbocycles. The lowest BCUT2D eigenvalue weighted by molar-refractivity contribution is -0.140. The average molecular weight is 644 g/mol. The zero-order valence-electron chi connectivity index (χ0n) is 26.5. The molecule has 0 aliphatic rings. The second-order valence-electron chi connectivity index (χ2n) is 10.9. The minimum atomic E-state index is -3.90. The van der Waals surface area contributed by atoms with Crippen LogP contribution in [0.15, 0.2) is 109 Å². The summed E-state index contributed by atoms with van der Waals surface area (Å²) in [7, 11) is -2.34. The first-order valence-corrected chi connectivity index (χ1v) is 17.1. The predicted molar refractivity (Wildman–Crippen MR) is 181 cm³/mol. The Morgan fingerprint density at radius 2 is 1.41 bits per heavy atom. The molecule has 0 saturated carbocycles. The molecule has 1 unspecified atom stereocenters. The van der Waals surface area contributed by atoms with Gasteiger partial charge in [-0.05, 0) is 66.1 Å². The average Bonchev–Trinajstić information content (AvgIpc) is 3.06. The van der Waals surface area contributed by atoms with Crippen molar-refractivity contribution >= 4 is 27.5 Å². The van der Waals surface area contributed by atoms with Crippen molar-refractivity contribution in [3.63, 3.8) is 0 Å². The van der Waals surface area contributed by atoms with Crippen LogP contribution < -0.4 is 19.1 Å². The summed E-state index contributed by atoms with van der Waals surface area (Å²) in [5, 5.41) is 2.99. The number of benzene rings is 4. The molecule has 0 aromatic heterocycles. The Labute approximate surface area is 271 Å². The molecule has 0 saturated heterocycles. The van der Waals surface area contributed by atoms with E-state index in [0.29, 0.717) is 29.5 Å². The largest absolute Gasteiger partial charge is 0.497 e. The first-order chi connectivity index (χ1) is 22.2. The summed E-state index contributed by atoms with van der Waals surface area (Å²) < 4.78 is 38.5. The molecule has 0 fully saturated rings. The third-order valence-electron chi connectivity index (χ3n) is 7.37. The van der Waals surface area contributed by atoms with Crippen LogP contribution in [0.4, 0.5) is 5.69 Å². The standard InChI is InChI=1S/C36H41N3O6S/c1-4-5-23-37-36(41)34(25-28-13-8-6-9-14-28)38(26-29-15-12-18-33(24-29)44-2)35(40)27-39(46(3,42)43)30-19-21-32(22-20-30)45-31-16-10-7-11-17-31/h6-22,24,34H,4-5,23,25-27H2,1-3H3,(H,37,41). The van der Waals surface area contributed by atoms with Crippen molar-refractivity contribution in [3.8, 4) is 17.2 Å². The lowest BCUT2D eigenvalue weighted by Gasteiger charge is -2.33. The van der Waals surface area contributed by atoms with Crippen molar-refractivity contribution in [3.05, 3.63) is 120 Å². The van der Waals surface area contributed by atoms with Crippen LogP contribution in [0.1, 0.15) is 30.9 Å². The van der Waals surface area contributed by atoms with E-state index in [1.54, 1.807) is 43.5 Å². The number of hydrogen-bond acceptors (Lipinski definition) is 6. The van der Waals surface area contributed by atoms with Gasteiger partial charge >= 0.3 is 0 Å². The van der Waals surface area contributed by atoms with E-state index in [9.17, 15) is 18.0 Å². The van der Waals surface area contributed by atoms with E-state index in [2.05, 4.69) is 5.32 Å². The van der Waals surface area contributed by atoms with E-state index in [4.69, 9.17) is 9.47 Å². The number of ether oxygens (including phenoxy) is 2. The number of para-hydroxylation sites is 1. The van der Waals surface area contributed by atoms with Crippen molar-refractivity contribution in [2.45, 2.75) is 38.8 Å². The van der Waals surface area contributed by atoms with Gasteiger partial charge in [-0.25, -0.2) is 8.42 Å². The van der Waals surface area contributed by atoms with Crippen LogP contribution in [0, 0.1) is 0 Å². The SMILES string of the molecule is CCCCNC(=O)C(Cc1ccccc1)N(Cc1cccc(OC)c1)C(=O)CN(c1ccc(Oc2ccccc2)cc1)S(C)(=O)=O. The lowest BCUT2D eigenvalue weighted by Crippen LogP contribution is -2.53. The third kappa shape index (κ3) is 9.84. The molecular formula is C36H41N3O6S. The van der Waals surface area contributed by atoms with Gasteiger partial charge in [-0.15, -0.1) is 0 Å². The van der Waals surface area contributed by atoms with Crippen molar-refractivity contribution < 1.29 is 27.5 Å². The van der Waals surface area contributed by atoms with E-state index in [0.717, 1.165) is 34.5 Å². The van der Waals surface area contributed by atoms with E-state index in [1.807, 2.05) is 79.7 Å². The summed E-state index contributed by atoms with van der Waals surface area (Å²) in [6.45, 7) is 2.06. The van der Waals surface area contributed by atoms with Gasteiger partial charge < -0.3 is 19.7 Å². The number of hydrogen-bond donors (Lipinski definition) is 1. The Morgan fingerprint density at radius 3 is 2.04 bits per heavy atom. The second-order valence-corrected chi connectivity index (χ2v) is 12.8. The van der Waals surface area contributed by atoms with E-state index < -0.39 is 28.5 Å². The van der Waals surface area contributed by atoms with Crippen molar-refractivity contribution in [2.24, 2.45) is 0 Å². The minimum Gasteiger partial charge on any atom is -0.497 e. The Bertz CT molecular complexity index is 1670. The van der Waals surface area contributed by atoms with Crippen molar-refractivity contribution in [1.82, 2.24) is 10.2 Å². The molecule has 242 valence electrons. The van der Waals surface area contributed by atoms with Crippen LogP contribution in [0.5, 0.6) is 17.2 Å². The zero-order chi connectivity index (χ0) is 32.9. The van der Waals surface area contributed by atoms with Gasteiger partial charge in [-0.2, -0.15) is 0 Å². The van der Waals surface area contributed by atoms with E-state index in [1.165, 1.54) is 4.90 Å². The molecule has 4 rings (SSSR count). The van der Waals surface area contributed by atoms with E-state index in [-0.39, 0.29) is 18.9 Å². The summed E-state index contributed by atoms with van der Waals surface area (Å²) in [5.74, 6) is 0.931. The summed E-state index contributed by atoms with van der Waals surface area (Å²) in [6.07, 6.45) is 2.99. The molecule has 2 amide bonds. The monoisotopic (exact) mass is 643 g/mol. The maximum absolute atomic E-state index is 14.3. The molecule has 0 bridgehead atoms. The van der Waals surface area contributed by atoms with Crippen LogP contribution >= 0.6 is 0 Å². The summed E-state index contributed by atoms with van der Waals surface area (Å²) in [6, 6.07) is 31.5. The van der Waals surface area contributed by atoms with E-state index >= 15 is 0 Å². The topological polar surface area (TPSA) is 105 Å². The van der Waals surface area contributed by atoms with Crippen molar-refractivity contribution in [1.29, 1.82) is 0 Å². The second kappa shape index (κ2) is 16.5. The molecule has 0 aliphatic heterocycles. The van der Waals surface area contributed by atoms with Gasteiger partial charge in [0, 0.05) is 19.5 Å². The van der Waals surface area contributed by atoms with Gasteiger partial charge in [0.05, 0.1) is 19.1 Å². The number of amides is 2. The summed E-state index contributed by atoms with van der Waals surface area (Å²) in [5.41, 5.74) is 1.90. The molecule has 10 heteroatoms. The fourth-order valence-corrected chi connectivity index (χ4v) is 5.80. The molecule has 0 heterocycles. The molecule has 4 aromatic rings. The third-order valence-corrected chi connectivity index (χ3v) is 8.51. The molecule has 0 spiro atoms. The van der Waals surface area contributed by atoms with Gasteiger partial charge in [0.1, 0.15) is 29.8 Å². The Kier molecular flexibility index (Phi) is 12.2. The molecular weight excluding hydrogens is 602 g/mol. The number of anilines is 1. The van der Waals surface area contributed by atoms with Crippen LogP contribution in [-0.2, 0) is 32.6 Å². The smallest absolute Gasteiger partial charge is 0.244 e. The number of nitrogens with one attached hydrogen (secondary N) is 1. The maximum Gasteiger partial charge on any atom is 0.244 e. The highest BCUT2D eigenvalue weighted by atomic mass is 32.2. The summed E-state index contributed by atoms with van der Waals surface area (Å²) in [4.78, 5) is 29.5. The Hall–Kier alpha value is -4.83. The minimum absolute atomic E-state index is 0.0657. The highest BCUT2D eigenvalue weighted by Gasteiger charge is 2.33. The number of carbonyl (C=O) groups is 2. The van der Waals surface area contributed by atoms with Crippen molar-refractivity contribution in [2.75, 3.05) is 30.8 Å². The number of rotatable bonds is 16. The molecule has 1 N–H and O–H groups in total. The molecule has 46 heavy (non-hydrogen) atoms. The Morgan fingerprint density at radius 1 is 0.804 bits per heavy atom. The molecule has 9 nitrogen and oxygen atoms in total. The number of nitrogens with zero attached hydrogens (tertiary/aromatic N) is 2. The highest BCUT2D eigenvalue weighted by molar-refractivity contribution is 7.92. The Balaban J connectivity index is 1.67. The number of carbonyl (C=O) groups excluding carboxylic acids is 2. The number of methoxy groups -OCH3 is 1. The van der Waals surface area contributed by atoms with Gasteiger partial charge in [0.15, 0.2) is 0 Å². The molecule has 4 aromatic carbocycles. The van der Waals surface area contributed by atoms with Gasteiger partial charge in [0.2, 0.25) is 21.8 Å². The highest BCUT2D eigenvalue weighted by Crippen LogP contribution is 2.26. The van der Waals surface area contributed by atoms with Crippen LogP contribution in [0.25, 0.3) is 0 Å². The van der Waals surface area contributed by atoms with Gasteiger partial charge in [-0.1, -0.05) is 74.0 Å². The zero-order valence-corrected chi connectivity index (χ0v) is 27.3. The quantitative estimate of drug-likeness (QED) is 0.155. The first-order valence-electron chi connectivity index (χ1n) is 15.2. The fraction of sp³-hybridized carbons (Fsp3) is 0.278.